The lowest BCUT2D eigenvalue weighted by Gasteiger charge is -2.16. The zero-order valence-electron chi connectivity index (χ0n) is 17.0. The predicted octanol–water partition coefficient (Wildman–Crippen LogP) is 6.50. The number of fused-ring (bicyclic) bond motifs is 3. The highest BCUT2D eigenvalue weighted by atomic mass is 35.5. The second kappa shape index (κ2) is 7.74. The number of ether oxygens (including phenoxy) is 1. The Balaban J connectivity index is 1.60. The highest BCUT2D eigenvalue weighted by molar-refractivity contribution is 6.33. The molecule has 1 aliphatic heterocycles. The Kier molecular flexibility index (Phi) is 4.58. The highest BCUT2D eigenvalue weighted by Crippen LogP contribution is 2.48. The van der Waals surface area contributed by atoms with Crippen molar-refractivity contribution in [3.05, 3.63) is 108 Å². The summed E-state index contributed by atoms with van der Waals surface area (Å²) < 4.78 is 6.19. The normalized spacial score (nSPS) is 18.2. The molecule has 1 aromatic heterocycles. The number of hydrogen-bond acceptors (Lipinski definition) is 4. The Morgan fingerprint density at radius 3 is 1.91 bits per heavy atom. The molecular formula is C27H18ClN3O. The van der Waals surface area contributed by atoms with Gasteiger partial charge in [0, 0.05) is 28.2 Å². The molecule has 2 heterocycles. The third-order valence-electron chi connectivity index (χ3n) is 5.76. The monoisotopic (exact) mass is 435 g/mol. The number of aromatic nitrogens is 3. The second-order valence-electron chi connectivity index (χ2n) is 7.75. The van der Waals surface area contributed by atoms with E-state index in [1.165, 1.54) is 0 Å². The fraction of sp³-hybridized carbons (Fsp3) is 0.0741. The lowest BCUT2D eigenvalue weighted by Crippen LogP contribution is -2.16. The van der Waals surface area contributed by atoms with Crippen LogP contribution in [-0.4, -0.2) is 21.1 Å². The quantitative estimate of drug-likeness (QED) is 0.368. The zero-order chi connectivity index (χ0) is 21.5. The van der Waals surface area contributed by atoms with Crippen LogP contribution in [0.3, 0.4) is 0 Å². The molecule has 0 saturated heterocycles. The van der Waals surface area contributed by atoms with Gasteiger partial charge in [0.05, 0.1) is 5.02 Å². The third kappa shape index (κ3) is 3.20. The van der Waals surface area contributed by atoms with E-state index >= 15 is 0 Å². The van der Waals surface area contributed by atoms with E-state index in [0.29, 0.717) is 22.5 Å². The van der Waals surface area contributed by atoms with Gasteiger partial charge in [-0.1, -0.05) is 90.5 Å². The summed E-state index contributed by atoms with van der Waals surface area (Å²) in [6.45, 7) is 0. The molecule has 6 rings (SSSR count). The molecule has 2 atom stereocenters. The molecule has 4 aromatic rings. The molecule has 0 amide bonds. The van der Waals surface area contributed by atoms with E-state index < -0.39 is 0 Å². The molecule has 4 nitrogen and oxygen atoms in total. The summed E-state index contributed by atoms with van der Waals surface area (Å²) in [5, 5.41) is 0.597. The lowest BCUT2D eigenvalue weighted by molar-refractivity contribution is 0.269. The van der Waals surface area contributed by atoms with E-state index in [9.17, 15) is 0 Å². The van der Waals surface area contributed by atoms with Gasteiger partial charge < -0.3 is 4.74 Å². The topological polar surface area (TPSA) is 47.9 Å². The van der Waals surface area contributed by atoms with Crippen molar-refractivity contribution in [1.29, 1.82) is 0 Å². The number of nitrogens with zero attached hydrogens (tertiary/aromatic N) is 3. The maximum absolute atomic E-state index is 6.77. The predicted molar refractivity (Wildman–Crippen MR) is 127 cm³/mol. The van der Waals surface area contributed by atoms with Crippen molar-refractivity contribution < 1.29 is 4.74 Å². The molecule has 0 bridgehead atoms. The average molecular weight is 436 g/mol. The molecular weight excluding hydrogens is 418 g/mol. The van der Waals surface area contributed by atoms with Gasteiger partial charge >= 0.3 is 0 Å². The SMILES string of the molecule is Clc1ccc2c(c1-c1nc(-c3ccccc3)nc(-c3ccccc3)n1)C1C=CC=CC1O2. The van der Waals surface area contributed by atoms with Crippen LogP contribution in [0.1, 0.15) is 11.5 Å². The van der Waals surface area contributed by atoms with Crippen LogP contribution in [0.5, 0.6) is 5.75 Å². The molecule has 2 aliphatic rings. The Labute approximate surface area is 190 Å². The number of allylic oxidation sites excluding steroid dienone is 2. The molecule has 1 aliphatic carbocycles. The van der Waals surface area contributed by atoms with E-state index in [1.54, 1.807) is 0 Å². The van der Waals surface area contributed by atoms with Crippen LogP contribution in [0, 0.1) is 0 Å². The number of benzene rings is 3. The molecule has 0 spiro atoms. The third-order valence-corrected chi connectivity index (χ3v) is 6.07. The summed E-state index contributed by atoms with van der Waals surface area (Å²) in [4.78, 5) is 14.5. The van der Waals surface area contributed by atoms with Crippen LogP contribution in [-0.2, 0) is 0 Å². The largest absolute Gasteiger partial charge is 0.485 e. The summed E-state index contributed by atoms with van der Waals surface area (Å²) >= 11 is 6.77. The van der Waals surface area contributed by atoms with Crippen LogP contribution >= 0.6 is 11.6 Å². The van der Waals surface area contributed by atoms with Gasteiger partial charge in [-0.05, 0) is 18.2 Å². The molecule has 2 unspecified atom stereocenters. The Hall–Kier alpha value is -3.76. The molecule has 0 N–H and O–H groups in total. The van der Waals surface area contributed by atoms with Crippen LogP contribution in [0.25, 0.3) is 34.2 Å². The van der Waals surface area contributed by atoms with Crippen molar-refractivity contribution in [3.8, 4) is 39.9 Å². The Morgan fingerprint density at radius 1 is 0.656 bits per heavy atom. The summed E-state index contributed by atoms with van der Waals surface area (Å²) in [6, 6.07) is 23.6. The van der Waals surface area contributed by atoms with Gasteiger partial charge in [0.25, 0.3) is 0 Å². The van der Waals surface area contributed by atoms with E-state index in [1.807, 2.05) is 84.9 Å². The van der Waals surface area contributed by atoms with Crippen LogP contribution in [0.2, 0.25) is 5.02 Å². The first-order chi connectivity index (χ1) is 15.8. The van der Waals surface area contributed by atoms with Crippen molar-refractivity contribution in [3.63, 3.8) is 0 Å². The molecule has 0 fully saturated rings. The van der Waals surface area contributed by atoms with Crippen molar-refractivity contribution in [1.82, 2.24) is 15.0 Å². The van der Waals surface area contributed by atoms with Gasteiger partial charge in [0.2, 0.25) is 0 Å². The lowest BCUT2D eigenvalue weighted by atomic mass is 9.88. The zero-order valence-corrected chi connectivity index (χ0v) is 17.8. The smallest absolute Gasteiger partial charge is 0.166 e. The standard InChI is InChI=1S/C27H18ClN3O/c28-20-15-16-22-23(19-13-7-8-14-21(19)32-22)24(20)27-30-25(17-9-3-1-4-10-17)29-26(31-27)18-11-5-2-6-12-18/h1-16,19,21H. The fourth-order valence-corrected chi connectivity index (χ4v) is 4.51. The van der Waals surface area contributed by atoms with Crippen molar-refractivity contribution in [2.45, 2.75) is 12.0 Å². The van der Waals surface area contributed by atoms with Crippen LogP contribution < -0.4 is 4.74 Å². The Bertz CT molecular complexity index is 1310. The summed E-state index contributed by atoms with van der Waals surface area (Å²) in [7, 11) is 0. The number of hydrogen-bond donors (Lipinski definition) is 0. The minimum Gasteiger partial charge on any atom is -0.485 e. The maximum atomic E-state index is 6.77. The highest BCUT2D eigenvalue weighted by Gasteiger charge is 2.36. The first kappa shape index (κ1) is 19.0. The van der Waals surface area contributed by atoms with E-state index in [0.717, 1.165) is 28.0 Å². The van der Waals surface area contributed by atoms with Crippen molar-refractivity contribution in [2.75, 3.05) is 0 Å². The summed E-state index contributed by atoms with van der Waals surface area (Å²) in [5.41, 5.74) is 3.67. The number of rotatable bonds is 3. The Morgan fingerprint density at radius 2 is 1.25 bits per heavy atom. The first-order valence-electron chi connectivity index (χ1n) is 10.5. The molecule has 3 aromatic carbocycles. The van der Waals surface area contributed by atoms with Crippen LogP contribution in [0.15, 0.2) is 97.1 Å². The van der Waals surface area contributed by atoms with Gasteiger partial charge in [-0.15, -0.1) is 0 Å². The van der Waals surface area contributed by atoms with Gasteiger partial charge in [-0.3, -0.25) is 0 Å². The van der Waals surface area contributed by atoms with Crippen molar-refractivity contribution in [2.24, 2.45) is 0 Å². The van der Waals surface area contributed by atoms with E-state index in [2.05, 4.69) is 12.2 Å². The molecule has 0 saturated carbocycles. The summed E-state index contributed by atoms with van der Waals surface area (Å²) in [5.74, 6) is 2.65. The van der Waals surface area contributed by atoms with Gasteiger partial charge in [-0.25, -0.2) is 15.0 Å². The molecule has 0 radical (unpaired) electrons. The van der Waals surface area contributed by atoms with Crippen molar-refractivity contribution >= 4 is 11.6 Å². The van der Waals surface area contributed by atoms with Crippen LogP contribution in [0.4, 0.5) is 0 Å². The van der Waals surface area contributed by atoms with Gasteiger partial charge in [0.1, 0.15) is 11.9 Å². The minimum absolute atomic E-state index is 0.0451. The van der Waals surface area contributed by atoms with E-state index in [-0.39, 0.29) is 12.0 Å². The van der Waals surface area contributed by atoms with Gasteiger partial charge in [0.15, 0.2) is 17.5 Å². The maximum Gasteiger partial charge on any atom is 0.166 e. The average Bonchev–Trinajstić information content (AvgIpc) is 3.23. The first-order valence-corrected chi connectivity index (χ1v) is 10.9. The fourth-order valence-electron chi connectivity index (χ4n) is 4.26. The molecule has 5 heteroatoms. The second-order valence-corrected chi connectivity index (χ2v) is 8.16. The van der Waals surface area contributed by atoms with Gasteiger partial charge in [-0.2, -0.15) is 0 Å². The molecule has 32 heavy (non-hydrogen) atoms. The number of halogens is 1. The summed E-state index contributed by atoms with van der Waals surface area (Å²) in [6.07, 6.45) is 8.23. The van der Waals surface area contributed by atoms with E-state index in [4.69, 9.17) is 31.3 Å². The molecule has 154 valence electrons. The minimum atomic E-state index is -0.0451.